The van der Waals surface area contributed by atoms with Gasteiger partial charge in [0, 0.05) is 38.8 Å². The van der Waals surface area contributed by atoms with E-state index < -0.39 is 11.9 Å². The summed E-state index contributed by atoms with van der Waals surface area (Å²) < 4.78 is 21.2. The van der Waals surface area contributed by atoms with Gasteiger partial charge in [0.2, 0.25) is 5.91 Å². The molecular weight excluding hydrogens is 666 g/mol. The third-order valence-electron chi connectivity index (χ3n) is 8.98. The lowest BCUT2D eigenvalue weighted by molar-refractivity contribution is -0.144. The van der Waals surface area contributed by atoms with Crippen LogP contribution in [0.15, 0.2) is 0 Å². The predicted octanol–water partition coefficient (Wildman–Crippen LogP) is 7.98. The number of ketones is 3. The Morgan fingerprint density at radius 1 is 0.519 bits per heavy atom. The van der Waals surface area contributed by atoms with Gasteiger partial charge in [0.05, 0.1) is 39.0 Å². The van der Waals surface area contributed by atoms with E-state index in [-0.39, 0.29) is 82.1 Å². The molecule has 0 radical (unpaired) electrons. The monoisotopic (exact) mass is 742 g/mol. The first-order valence-electron chi connectivity index (χ1n) is 20.6. The number of unbranched alkanes of at least 4 members (excludes halogenated alkanes) is 17. The van der Waals surface area contributed by atoms with Crippen molar-refractivity contribution in [3.05, 3.63) is 0 Å². The molecule has 0 spiro atoms. The molecule has 1 atom stereocenters. The number of carboxylic acids is 1. The number of hydrogen-bond acceptors (Lipinski definition) is 9. The Kier molecular flexibility index (Phi) is 36.9. The SMILES string of the molecule is CCCCCCCCCCCCCCCCCCCCC(=O)C[C@@H](CCC(=O)NCCOCCOCC(=O)CCCOCCOCC(C)=O)C(=O)O. The van der Waals surface area contributed by atoms with Crippen LogP contribution >= 0.6 is 0 Å². The third kappa shape index (κ3) is 37.5. The van der Waals surface area contributed by atoms with E-state index in [9.17, 15) is 29.1 Å². The standard InChI is InChI=1S/C41H75NO10/c1-3-4-5-6-7-8-9-10-11-12-13-14-15-16-17-18-19-20-22-38(44)33-37(41(47)48)24-25-40(46)42-26-28-50-30-32-52-35-39(45)23-21-27-49-29-31-51-34-36(2)43/h37H,3-35H2,1-2H3,(H,42,46)(H,47,48)/t37-/m1/s1. The molecule has 1 amide bonds. The van der Waals surface area contributed by atoms with Gasteiger partial charge in [-0.1, -0.05) is 116 Å². The van der Waals surface area contributed by atoms with Gasteiger partial charge in [0.15, 0.2) is 11.6 Å². The van der Waals surface area contributed by atoms with Gasteiger partial charge in [-0.05, 0) is 26.2 Å². The van der Waals surface area contributed by atoms with Crippen LogP contribution in [-0.4, -0.2) is 93.7 Å². The van der Waals surface area contributed by atoms with Crippen LogP contribution in [0.25, 0.3) is 0 Å². The van der Waals surface area contributed by atoms with Crippen molar-refractivity contribution in [2.24, 2.45) is 5.92 Å². The number of hydrogen-bond donors (Lipinski definition) is 2. The molecule has 0 heterocycles. The summed E-state index contributed by atoms with van der Waals surface area (Å²) in [6.45, 7) is 5.99. The number of carboxylic acid groups (broad SMARTS) is 1. The van der Waals surface area contributed by atoms with Crippen LogP contribution in [0.2, 0.25) is 0 Å². The maximum absolute atomic E-state index is 12.4. The van der Waals surface area contributed by atoms with Crippen LogP contribution in [0.4, 0.5) is 0 Å². The zero-order chi connectivity index (χ0) is 38.3. The quantitative estimate of drug-likeness (QED) is 0.0589. The highest BCUT2D eigenvalue weighted by Gasteiger charge is 2.22. The predicted molar refractivity (Wildman–Crippen MR) is 205 cm³/mol. The van der Waals surface area contributed by atoms with Crippen LogP contribution in [0.5, 0.6) is 0 Å². The van der Waals surface area contributed by atoms with Crippen molar-refractivity contribution >= 4 is 29.2 Å². The lowest BCUT2D eigenvalue weighted by atomic mass is 9.94. The average molecular weight is 742 g/mol. The second kappa shape index (κ2) is 38.5. The van der Waals surface area contributed by atoms with E-state index in [4.69, 9.17) is 18.9 Å². The number of nitrogens with one attached hydrogen (secondary N) is 1. The molecule has 0 aromatic rings. The minimum atomic E-state index is -1.04. The van der Waals surface area contributed by atoms with E-state index >= 15 is 0 Å². The molecule has 11 nitrogen and oxygen atoms in total. The van der Waals surface area contributed by atoms with E-state index in [1.807, 2.05) is 0 Å². The second-order valence-corrected chi connectivity index (χ2v) is 14.1. The smallest absolute Gasteiger partial charge is 0.306 e. The van der Waals surface area contributed by atoms with Crippen molar-refractivity contribution in [3.63, 3.8) is 0 Å². The zero-order valence-electron chi connectivity index (χ0n) is 33.0. The summed E-state index contributed by atoms with van der Waals surface area (Å²) in [4.78, 5) is 58.9. The van der Waals surface area contributed by atoms with Crippen LogP contribution < -0.4 is 5.32 Å². The fraction of sp³-hybridized carbons (Fsp3) is 0.878. The molecule has 0 aliphatic rings. The van der Waals surface area contributed by atoms with E-state index in [2.05, 4.69) is 12.2 Å². The van der Waals surface area contributed by atoms with Crippen LogP contribution in [0.3, 0.4) is 0 Å². The van der Waals surface area contributed by atoms with Crippen LogP contribution in [0, 0.1) is 5.92 Å². The van der Waals surface area contributed by atoms with Crippen molar-refractivity contribution < 1.29 is 48.0 Å². The first kappa shape index (κ1) is 49.8. The number of amides is 1. The van der Waals surface area contributed by atoms with E-state index in [0.717, 1.165) is 19.3 Å². The largest absolute Gasteiger partial charge is 0.481 e. The first-order valence-corrected chi connectivity index (χ1v) is 20.6. The maximum atomic E-state index is 12.4. The molecule has 2 N–H and O–H groups in total. The molecule has 0 fully saturated rings. The highest BCUT2D eigenvalue weighted by Crippen LogP contribution is 2.17. The van der Waals surface area contributed by atoms with Gasteiger partial charge < -0.3 is 29.4 Å². The Morgan fingerprint density at radius 2 is 0.981 bits per heavy atom. The Hall–Kier alpha value is -2.21. The Morgan fingerprint density at radius 3 is 1.50 bits per heavy atom. The molecule has 52 heavy (non-hydrogen) atoms. The molecule has 304 valence electrons. The molecule has 11 heteroatoms. The van der Waals surface area contributed by atoms with Gasteiger partial charge in [-0.2, -0.15) is 0 Å². The number of carbonyl (C=O) groups excluding carboxylic acids is 4. The van der Waals surface area contributed by atoms with E-state index in [1.165, 1.54) is 103 Å². The van der Waals surface area contributed by atoms with Crippen LogP contribution in [-0.2, 0) is 42.9 Å². The summed E-state index contributed by atoms with van der Waals surface area (Å²) in [6, 6.07) is 0. The number of ether oxygens (including phenoxy) is 4. The molecular formula is C41H75NO10. The van der Waals surface area contributed by atoms with Crippen molar-refractivity contribution in [2.75, 3.05) is 59.4 Å². The van der Waals surface area contributed by atoms with Crippen molar-refractivity contribution in [3.8, 4) is 0 Å². The molecule has 0 unspecified atom stereocenters. The van der Waals surface area contributed by atoms with Gasteiger partial charge in [-0.3, -0.25) is 24.0 Å². The number of carbonyl (C=O) groups is 5. The molecule has 0 aromatic heterocycles. The van der Waals surface area contributed by atoms with Crippen molar-refractivity contribution in [1.29, 1.82) is 0 Å². The minimum Gasteiger partial charge on any atom is -0.481 e. The molecule has 0 saturated heterocycles. The van der Waals surface area contributed by atoms with Crippen molar-refractivity contribution in [1.82, 2.24) is 5.32 Å². The number of rotatable bonds is 42. The second-order valence-electron chi connectivity index (χ2n) is 14.1. The lowest BCUT2D eigenvalue weighted by Crippen LogP contribution is -2.29. The average Bonchev–Trinajstić information content (AvgIpc) is 3.11. The van der Waals surface area contributed by atoms with Gasteiger partial charge >= 0.3 is 5.97 Å². The Labute approximate surface area is 315 Å². The summed E-state index contributed by atoms with van der Waals surface area (Å²) in [5.41, 5.74) is 0. The summed E-state index contributed by atoms with van der Waals surface area (Å²) in [6.07, 6.45) is 24.6. The fourth-order valence-electron chi connectivity index (χ4n) is 5.86. The lowest BCUT2D eigenvalue weighted by Gasteiger charge is -2.12. The first-order chi connectivity index (χ1) is 25.3. The summed E-state index contributed by atoms with van der Waals surface area (Å²) in [7, 11) is 0. The summed E-state index contributed by atoms with van der Waals surface area (Å²) >= 11 is 0. The molecule has 0 bridgehead atoms. The van der Waals surface area contributed by atoms with E-state index in [1.54, 1.807) is 0 Å². The normalized spacial score (nSPS) is 11.8. The van der Waals surface area contributed by atoms with Gasteiger partial charge in [-0.25, -0.2) is 0 Å². The number of aliphatic carboxylic acids is 1. The number of Topliss-reactive ketones (excluding diaryl/α,β-unsaturated/α-hetero) is 3. The molecule has 0 aliphatic carbocycles. The molecule has 0 saturated carbocycles. The van der Waals surface area contributed by atoms with Crippen molar-refractivity contribution in [2.45, 2.75) is 168 Å². The van der Waals surface area contributed by atoms with Gasteiger partial charge in [0.25, 0.3) is 0 Å². The fourth-order valence-corrected chi connectivity index (χ4v) is 5.86. The van der Waals surface area contributed by atoms with Gasteiger partial charge in [-0.15, -0.1) is 0 Å². The summed E-state index contributed by atoms with van der Waals surface area (Å²) in [5, 5.41) is 12.3. The highest BCUT2D eigenvalue weighted by atomic mass is 16.5. The molecule has 0 aromatic carbocycles. The zero-order valence-corrected chi connectivity index (χ0v) is 33.0. The van der Waals surface area contributed by atoms with Crippen LogP contribution in [0.1, 0.15) is 168 Å². The molecule has 0 rings (SSSR count). The summed E-state index contributed by atoms with van der Waals surface area (Å²) in [5.74, 6) is -2.28. The molecule has 0 aliphatic heterocycles. The third-order valence-corrected chi connectivity index (χ3v) is 8.98. The Balaban J connectivity index is 3.64. The Bertz CT molecular complexity index is 897. The topological polar surface area (TPSA) is 155 Å². The van der Waals surface area contributed by atoms with E-state index in [0.29, 0.717) is 39.1 Å². The van der Waals surface area contributed by atoms with Gasteiger partial charge in [0.1, 0.15) is 19.0 Å². The highest BCUT2D eigenvalue weighted by molar-refractivity contribution is 5.84. The maximum Gasteiger partial charge on any atom is 0.306 e. The minimum absolute atomic E-state index is 0.00533.